The van der Waals surface area contributed by atoms with Crippen LogP contribution in [0.2, 0.25) is 0 Å². The predicted molar refractivity (Wildman–Crippen MR) is 72.8 cm³/mol. The van der Waals surface area contributed by atoms with Gasteiger partial charge in [-0.05, 0) is 50.6 Å². The number of hydrogen-bond acceptors (Lipinski definition) is 4. The number of benzene rings is 1. The molecule has 4 nitrogen and oxygen atoms in total. The highest BCUT2D eigenvalue weighted by atomic mass is 16.6. The monoisotopic (exact) mass is 263 g/mol. The fourth-order valence-corrected chi connectivity index (χ4v) is 3.20. The van der Waals surface area contributed by atoms with E-state index in [4.69, 9.17) is 9.47 Å². The maximum atomic E-state index is 10.4. The highest BCUT2D eigenvalue weighted by molar-refractivity contribution is 5.50. The molecule has 4 heteroatoms. The average Bonchev–Trinajstić information content (AvgIpc) is 2.34. The first-order valence-electron chi connectivity index (χ1n) is 6.82. The lowest BCUT2D eigenvalue weighted by Gasteiger charge is -2.42. The van der Waals surface area contributed by atoms with Crippen molar-refractivity contribution in [3.63, 3.8) is 0 Å². The molecule has 1 unspecified atom stereocenters. The zero-order valence-corrected chi connectivity index (χ0v) is 11.8. The average molecular weight is 263 g/mol. The van der Waals surface area contributed by atoms with Crippen molar-refractivity contribution in [3.05, 3.63) is 23.3 Å². The Kier molecular flexibility index (Phi) is 2.95. The fourth-order valence-electron chi connectivity index (χ4n) is 3.20. The van der Waals surface area contributed by atoms with Gasteiger partial charge in [0.1, 0.15) is 13.2 Å². The highest BCUT2D eigenvalue weighted by Crippen LogP contribution is 2.42. The molecule has 1 aromatic carbocycles. The number of aliphatic hydroxyl groups is 1. The van der Waals surface area contributed by atoms with E-state index in [9.17, 15) is 5.11 Å². The minimum Gasteiger partial charge on any atom is -0.486 e. The van der Waals surface area contributed by atoms with Gasteiger partial charge in [0.15, 0.2) is 11.5 Å². The number of ether oxygens (including phenoxy) is 2. The van der Waals surface area contributed by atoms with Crippen molar-refractivity contribution < 1.29 is 14.6 Å². The van der Waals surface area contributed by atoms with E-state index in [1.807, 2.05) is 19.9 Å². The first-order valence-corrected chi connectivity index (χ1v) is 6.82. The minimum absolute atomic E-state index is 0.00734. The number of likely N-dealkylation sites (N-methyl/N-ethyl adjacent to an activating group) is 1. The molecule has 1 atom stereocenters. The van der Waals surface area contributed by atoms with Gasteiger partial charge in [-0.25, -0.2) is 0 Å². The van der Waals surface area contributed by atoms with Gasteiger partial charge in [0.05, 0.1) is 11.6 Å². The van der Waals surface area contributed by atoms with Crippen LogP contribution in [0.3, 0.4) is 0 Å². The summed E-state index contributed by atoms with van der Waals surface area (Å²) in [5.74, 6) is 1.64. The molecule has 19 heavy (non-hydrogen) atoms. The normalized spacial score (nSPS) is 23.1. The zero-order chi connectivity index (χ0) is 13.6. The number of nitrogens with zero attached hydrogens (tertiary/aromatic N) is 1. The molecule has 1 aromatic rings. The summed E-state index contributed by atoms with van der Waals surface area (Å²) in [7, 11) is 2.06. The number of hydrogen-bond donors (Lipinski definition) is 1. The Morgan fingerprint density at radius 2 is 1.84 bits per heavy atom. The molecule has 2 heterocycles. The van der Waals surface area contributed by atoms with E-state index < -0.39 is 5.60 Å². The van der Waals surface area contributed by atoms with E-state index in [0.29, 0.717) is 13.2 Å². The molecular weight excluding hydrogens is 242 g/mol. The maximum absolute atomic E-state index is 10.4. The summed E-state index contributed by atoms with van der Waals surface area (Å²) in [6.45, 7) is 5.87. The van der Waals surface area contributed by atoms with E-state index in [1.165, 1.54) is 5.56 Å². The second-order valence-corrected chi connectivity index (χ2v) is 5.98. The van der Waals surface area contributed by atoms with Crippen LogP contribution < -0.4 is 9.47 Å². The Morgan fingerprint density at radius 3 is 2.47 bits per heavy atom. The van der Waals surface area contributed by atoms with Crippen LogP contribution in [-0.4, -0.2) is 42.4 Å². The van der Waals surface area contributed by atoms with Gasteiger partial charge in [0.2, 0.25) is 0 Å². The number of fused-ring (bicyclic) bond motifs is 2. The third-order valence-electron chi connectivity index (χ3n) is 3.94. The summed E-state index contributed by atoms with van der Waals surface area (Å²) in [5.41, 5.74) is 1.63. The van der Waals surface area contributed by atoms with Crippen molar-refractivity contribution >= 4 is 0 Å². The maximum Gasteiger partial charge on any atom is 0.161 e. The molecule has 0 bridgehead atoms. The van der Waals surface area contributed by atoms with Gasteiger partial charge in [-0.1, -0.05) is 0 Å². The first kappa shape index (κ1) is 12.8. The number of rotatable bonds is 1. The third-order valence-corrected chi connectivity index (χ3v) is 3.94. The van der Waals surface area contributed by atoms with Gasteiger partial charge in [-0.2, -0.15) is 0 Å². The van der Waals surface area contributed by atoms with Crippen molar-refractivity contribution in [2.24, 2.45) is 0 Å². The molecule has 0 radical (unpaired) electrons. The molecule has 0 saturated carbocycles. The van der Waals surface area contributed by atoms with Crippen molar-refractivity contribution in [3.8, 4) is 11.5 Å². The van der Waals surface area contributed by atoms with Crippen molar-refractivity contribution in [1.82, 2.24) is 4.90 Å². The summed E-state index contributed by atoms with van der Waals surface area (Å²) >= 11 is 0. The molecule has 2 aliphatic rings. The second-order valence-electron chi connectivity index (χ2n) is 5.98. The van der Waals surface area contributed by atoms with Crippen LogP contribution in [-0.2, 0) is 6.42 Å². The largest absolute Gasteiger partial charge is 0.486 e. The predicted octanol–water partition coefficient (Wildman–Crippen LogP) is 1.76. The summed E-state index contributed by atoms with van der Waals surface area (Å²) in [6, 6.07) is 4.12. The van der Waals surface area contributed by atoms with Crippen LogP contribution in [0, 0.1) is 0 Å². The molecule has 0 aliphatic carbocycles. The van der Waals surface area contributed by atoms with Crippen molar-refractivity contribution in [1.29, 1.82) is 0 Å². The Labute approximate surface area is 113 Å². The highest BCUT2D eigenvalue weighted by Gasteiger charge is 2.37. The van der Waals surface area contributed by atoms with Crippen LogP contribution in [0.25, 0.3) is 0 Å². The van der Waals surface area contributed by atoms with E-state index in [1.54, 1.807) is 0 Å². The summed E-state index contributed by atoms with van der Waals surface area (Å²) in [4.78, 5) is 2.21. The Bertz CT molecular complexity index is 493. The van der Waals surface area contributed by atoms with Gasteiger partial charge in [-0.3, -0.25) is 4.90 Å². The smallest absolute Gasteiger partial charge is 0.161 e. The molecule has 0 aromatic heterocycles. The van der Waals surface area contributed by atoms with E-state index >= 15 is 0 Å². The molecule has 0 saturated heterocycles. The van der Waals surface area contributed by atoms with Gasteiger partial charge in [0.25, 0.3) is 0 Å². The molecule has 0 amide bonds. The van der Waals surface area contributed by atoms with Crippen LogP contribution >= 0.6 is 0 Å². The fraction of sp³-hybridized carbons (Fsp3) is 0.600. The van der Waals surface area contributed by atoms with E-state index in [-0.39, 0.29) is 6.04 Å². The van der Waals surface area contributed by atoms with Gasteiger partial charge >= 0.3 is 0 Å². The van der Waals surface area contributed by atoms with Crippen LogP contribution in [0.15, 0.2) is 12.1 Å². The van der Waals surface area contributed by atoms with Crippen molar-refractivity contribution in [2.45, 2.75) is 31.9 Å². The minimum atomic E-state index is -0.784. The van der Waals surface area contributed by atoms with Gasteiger partial charge < -0.3 is 14.6 Å². The third kappa shape index (κ3) is 2.19. The molecule has 3 rings (SSSR count). The molecular formula is C15H21NO3. The van der Waals surface area contributed by atoms with Crippen LogP contribution in [0.4, 0.5) is 0 Å². The SMILES string of the molecule is CN1CCc2cc3c(cc2C1C(C)(C)O)OCCO3. The first-order chi connectivity index (χ1) is 8.97. The lowest BCUT2D eigenvalue weighted by atomic mass is 9.83. The molecule has 1 N–H and O–H groups in total. The van der Waals surface area contributed by atoms with E-state index in [0.717, 1.165) is 30.0 Å². The summed E-state index contributed by atoms with van der Waals surface area (Å²) in [5, 5.41) is 10.4. The molecule has 2 aliphatic heterocycles. The molecule has 0 fully saturated rings. The lowest BCUT2D eigenvalue weighted by molar-refractivity contribution is -0.0164. The molecule has 0 spiro atoms. The Balaban J connectivity index is 2.09. The van der Waals surface area contributed by atoms with Crippen LogP contribution in [0.5, 0.6) is 11.5 Å². The molecule has 104 valence electrons. The van der Waals surface area contributed by atoms with Crippen molar-refractivity contribution in [2.75, 3.05) is 26.8 Å². The second kappa shape index (κ2) is 4.39. The summed E-state index contributed by atoms with van der Waals surface area (Å²) in [6.07, 6.45) is 0.981. The Morgan fingerprint density at radius 1 is 1.21 bits per heavy atom. The lowest BCUT2D eigenvalue weighted by Crippen LogP contribution is -2.44. The Hall–Kier alpha value is -1.26. The summed E-state index contributed by atoms with van der Waals surface area (Å²) < 4.78 is 11.3. The van der Waals surface area contributed by atoms with Gasteiger partial charge in [0, 0.05) is 6.54 Å². The quantitative estimate of drug-likeness (QED) is 0.838. The standard InChI is InChI=1S/C15H21NO3/c1-15(2,17)14-11-9-13-12(18-6-7-19-13)8-10(11)4-5-16(14)3/h8-9,14,17H,4-7H2,1-3H3. The zero-order valence-electron chi connectivity index (χ0n) is 11.8. The van der Waals surface area contributed by atoms with Gasteiger partial charge in [-0.15, -0.1) is 0 Å². The van der Waals surface area contributed by atoms with Crippen LogP contribution in [0.1, 0.15) is 31.0 Å². The topological polar surface area (TPSA) is 41.9 Å². The van der Waals surface area contributed by atoms with E-state index in [2.05, 4.69) is 18.0 Å².